The summed E-state index contributed by atoms with van der Waals surface area (Å²) in [6.45, 7) is 26.2. The van der Waals surface area contributed by atoms with Crippen LogP contribution < -0.4 is 18.9 Å². The summed E-state index contributed by atoms with van der Waals surface area (Å²) >= 11 is 0. The van der Waals surface area contributed by atoms with Crippen molar-refractivity contribution in [3.63, 3.8) is 0 Å². The molecule has 0 radical (unpaired) electrons. The normalized spacial score (nSPS) is 12.3. The van der Waals surface area contributed by atoms with Gasteiger partial charge in [0.2, 0.25) is 0 Å². The fourth-order valence-corrected chi connectivity index (χ4v) is 13.4. The number of carboxylic acid groups (broad SMARTS) is 4. The standard InChI is InChI=1S/C80H92O12/c1-13-17-21-41-77(5,6)49-25-33-53(34-26-49)89-61-45-57(73(81)82)65-58(74(83)84)47-63(91-55-37-29-51(30-38-55)79(9,10)43-23-19-15-3)69-70-64(92-56-39-31-52(32-40-56)80(11,12)44-24-20-16-4)48-60(76(87)88)66-59(75(85)86)46-62(68(72(66)70)67(61)71(65)69)90-54-35-27-50(28-36-54)78(7,8)42-22-18-14-2/h25-40,45-48H,13-24,41-44H2,1-12H3,(H,81,82)(H,83,84)(H,85,86)(H,87,88). The Morgan fingerprint density at radius 2 is 0.467 bits per heavy atom. The first-order valence-electron chi connectivity index (χ1n) is 33.2. The highest BCUT2D eigenvalue weighted by Gasteiger charge is 2.35. The van der Waals surface area contributed by atoms with E-state index in [2.05, 4.69) is 83.1 Å². The van der Waals surface area contributed by atoms with Gasteiger partial charge in [-0.3, -0.25) is 0 Å². The summed E-state index contributed by atoms with van der Waals surface area (Å²) < 4.78 is 28.1. The first kappa shape index (κ1) is 67.7. The number of carbonyl (C=O) groups is 4. The number of hydrogen-bond donors (Lipinski definition) is 4. The SMILES string of the molecule is CCCCCC(C)(C)c1ccc(Oc2cc(C(=O)O)c3c(C(=O)O)cc(Oc4ccc(C(C)(C)CCCCC)cc4)c4c5c(Oc6ccc(C(C)(C)CCCCC)cc6)cc(C(=O)O)c6c(C(=O)O)cc(Oc7ccc(C(C)(C)CCCCC)cc7)c(c2c34)c65)cc1. The molecule has 0 aliphatic heterocycles. The van der Waals surface area contributed by atoms with Gasteiger partial charge in [0, 0.05) is 43.1 Å². The van der Waals surface area contributed by atoms with Crippen molar-refractivity contribution in [3.05, 3.63) is 166 Å². The molecule has 92 heavy (non-hydrogen) atoms. The molecular formula is C80H92O12. The maximum atomic E-state index is 14.1. The molecule has 0 saturated heterocycles. The number of fused-ring (bicyclic) bond motifs is 2. The molecule has 0 aromatic heterocycles. The van der Waals surface area contributed by atoms with E-state index in [-0.39, 0.29) is 87.7 Å². The summed E-state index contributed by atoms with van der Waals surface area (Å²) in [5.41, 5.74) is 1.74. The van der Waals surface area contributed by atoms with Gasteiger partial charge in [-0.2, -0.15) is 0 Å². The number of unbranched alkanes of at least 4 members (excludes halogenated alkanes) is 8. The molecule has 9 aromatic carbocycles. The van der Waals surface area contributed by atoms with E-state index in [1.54, 1.807) is 48.5 Å². The minimum Gasteiger partial charge on any atom is -0.478 e. The van der Waals surface area contributed by atoms with Crippen LogP contribution in [-0.2, 0) is 21.7 Å². The van der Waals surface area contributed by atoms with E-state index in [0.29, 0.717) is 23.0 Å². The van der Waals surface area contributed by atoms with Gasteiger partial charge in [-0.25, -0.2) is 19.2 Å². The average molecular weight is 1250 g/mol. The van der Waals surface area contributed by atoms with Gasteiger partial charge in [-0.1, -0.05) is 209 Å². The zero-order chi connectivity index (χ0) is 66.5. The molecule has 0 aliphatic carbocycles. The van der Waals surface area contributed by atoms with Crippen molar-refractivity contribution >= 4 is 67.0 Å². The molecule has 0 saturated carbocycles. The third-order valence-corrected chi connectivity index (χ3v) is 19.2. The molecule has 4 N–H and O–H groups in total. The third-order valence-electron chi connectivity index (χ3n) is 19.2. The molecule has 0 aliphatic rings. The second-order valence-corrected chi connectivity index (χ2v) is 27.8. The summed E-state index contributed by atoms with van der Waals surface area (Å²) in [5, 5.41) is 46.0. The second-order valence-electron chi connectivity index (χ2n) is 27.8. The number of hydrogen-bond acceptors (Lipinski definition) is 8. The van der Waals surface area contributed by atoms with Crippen LogP contribution in [0.4, 0.5) is 0 Å². The van der Waals surface area contributed by atoms with Gasteiger partial charge in [0.05, 0.1) is 22.3 Å². The van der Waals surface area contributed by atoms with Crippen LogP contribution in [0, 0.1) is 0 Å². The number of carboxylic acids is 4. The van der Waals surface area contributed by atoms with E-state index in [1.165, 1.54) is 24.3 Å². The van der Waals surface area contributed by atoms with Crippen LogP contribution in [0.3, 0.4) is 0 Å². The number of benzene rings is 9. The van der Waals surface area contributed by atoms with Crippen molar-refractivity contribution in [1.29, 1.82) is 0 Å². The summed E-state index contributed by atoms with van der Waals surface area (Å²) in [6, 6.07) is 35.4. The Morgan fingerprint density at radius 3 is 0.630 bits per heavy atom. The fraction of sp³-hybridized carbons (Fsp3) is 0.400. The van der Waals surface area contributed by atoms with Crippen LogP contribution in [-0.4, -0.2) is 44.3 Å². The molecule has 0 unspecified atom stereocenters. The van der Waals surface area contributed by atoms with Crippen LogP contribution in [0.5, 0.6) is 46.0 Å². The Balaban J connectivity index is 1.45. The van der Waals surface area contributed by atoms with Gasteiger partial charge in [-0.15, -0.1) is 0 Å². The van der Waals surface area contributed by atoms with Crippen molar-refractivity contribution in [2.75, 3.05) is 0 Å². The second kappa shape index (κ2) is 28.1. The van der Waals surface area contributed by atoms with E-state index < -0.39 is 46.1 Å². The Kier molecular flexibility index (Phi) is 20.7. The quantitative estimate of drug-likeness (QED) is 0.0178. The topological polar surface area (TPSA) is 186 Å². The summed E-state index contributed by atoms with van der Waals surface area (Å²) in [5.74, 6) is -4.93. The molecule has 9 rings (SSSR count). The van der Waals surface area contributed by atoms with Gasteiger partial charge in [-0.05, 0) is 142 Å². The molecule has 9 aromatic rings. The Bertz CT molecular complexity index is 3600. The Morgan fingerprint density at radius 1 is 0.283 bits per heavy atom. The number of rotatable bonds is 32. The summed E-state index contributed by atoms with van der Waals surface area (Å²) in [6.07, 6.45) is 16.6. The van der Waals surface area contributed by atoms with E-state index >= 15 is 0 Å². The Labute approximate surface area is 542 Å². The summed E-state index contributed by atoms with van der Waals surface area (Å²) in [7, 11) is 0. The highest BCUT2D eigenvalue weighted by molar-refractivity contribution is 6.42. The van der Waals surface area contributed by atoms with Crippen molar-refractivity contribution in [3.8, 4) is 46.0 Å². The lowest BCUT2D eigenvalue weighted by atomic mass is 9.80. The molecule has 0 fully saturated rings. The lowest BCUT2D eigenvalue weighted by molar-refractivity contribution is 0.0680. The molecule has 0 heterocycles. The lowest BCUT2D eigenvalue weighted by Crippen LogP contribution is -2.16. The minimum atomic E-state index is -1.47. The molecule has 484 valence electrons. The number of aromatic carboxylic acids is 4. The van der Waals surface area contributed by atoms with E-state index in [4.69, 9.17) is 18.9 Å². The van der Waals surface area contributed by atoms with E-state index in [1.807, 2.05) is 48.5 Å². The average Bonchev–Trinajstić information content (AvgIpc) is 0.682. The Hall–Kier alpha value is -8.64. The smallest absolute Gasteiger partial charge is 0.336 e. The predicted molar refractivity (Wildman–Crippen MR) is 370 cm³/mol. The molecule has 12 nitrogen and oxygen atoms in total. The van der Waals surface area contributed by atoms with Crippen LogP contribution in [0.1, 0.15) is 250 Å². The zero-order valence-electron chi connectivity index (χ0n) is 55.9. The predicted octanol–water partition coefficient (Wildman–Crippen LogP) is 23.1. The maximum Gasteiger partial charge on any atom is 0.336 e. The van der Waals surface area contributed by atoms with Crippen LogP contribution in [0.2, 0.25) is 0 Å². The first-order valence-corrected chi connectivity index (χ1v) is 33.2. The van der Waals surface area contributed by atoms with Crippen molar-refractivity contribution in [2.45, 2.75) is 207 Å². The molecular weight excluding hydrogens is 1150 g/mol. The maximum absolute atomic E-state index is 14.1. The van der Waals surface area contributed by atoms with Crippen LogP contribution in [0.15, 0.2) is 121 Å². The van der Waals surface area contributed by atoms with Gasteiger partial charge < -0.3 is 39.4 Å². The summed E-state index contributed by atoms with van der Waals surface area (Å²) in [4.78, 5) is 56.5. The van der Waals surface area contributed by atoms with Gasteiger partial charge in [0.1, 0.15) is 46.0 Å². The fourth-order valence-electron chi connectivity index (χ4n) is 13.4. The highest BCUT2D eigenvalue weighted by Crippen LogP contribution is 2.57. The van der Waals surface area contributed by atoms with Crippen molar-refractivity contribution in [1.82, 2.24) is 0 Å². The largest absolute Gasteiger partial charge is 0.478 e. The zero-order valence-corrected chi connectivity index (χ0v) is 55.9. The van der Waals surface area contributed by atoms with Crippen LogP contribution >= 0.6 is 0 Å². The van der Waals surface area contributed by atoms with E-state index in [9.17, 15) is 39.6 Å². The van der Waals surface area contributed by atoms with Gasteiger partial charge in [0.15, 0.2) is 0 Å². The van der Waals surface area contributed by atoms with Crippen LogP contribution in [0.25, 0.3) is 43.1 Å². The van der Waals surface area contributed by atoms with Gasteiger partial charge >= 0.3 is 23.9 Å². The molecule has 0 bridgehead atoms. The minimum absolute atomic E-state index is 0.0418. The first-order chi connectivity index (χ1) is 43.7. The third kappa shape index (κ3) is 14.3. The number of ether oxygens (including phenoxy) is 4. The monoisotopic (exact) mass is 1240 g/mol. The lowest BCUT2D eigenvalue weighted by Gasteiger charge is -2.27. The molecule has 0 spiro atoms. The van der Waals surface area contributed by atoms with Crippen molar-refractivity contribution < 1.29 is 58.6 Å². The molecule has 0 atom stereocenters. The molecule has 0 amide bonds. The molecule has 12 heteroatoms. The van der Waals surface area contributed by atoms with Crippen molar-refractivity contribution in [2.24, 2.45) is 0 Å². The van der Waals surface area contributed by atoms with Gasteiger partial charge in [0.25, 0.3) is 0 Å². The highest BCUT2D eigenvalue weighted by atomic mass is 16.5. The van der Waals surface area contributed by atoms with E-state index in [0.717, 1.165) is 125 Å².